The molecule has 1 aromatic heterocycles. The number of methoxy groups -OCH3 is 1. The Morgan fingerprint density at radius 1 is 1.24 bits per heavy atom. The lowest BCUT2D eigenvalue weighted by molar-refractivity contribution is -0.206. The number of rotatable bonds is 11. The van der Waals surface area contributed by atoms with Crippen LogP contribution in [-0.2, 0) is 28.5 Å². The number of aromatic nitrogens is 1. The number of nitrogen functional groups attached to an aromatic ring is 1. The third-order valence-electron chi connectivity index (χ3n) is 5.82. The average molecular weight is 572 g/mol. The van der Waals surface area contributed by atoms with Crippen molar-refractivity contribution in [2.75, 3.05) is 31.0 Å². The lowest BCUT2D eigenvalue weighted by atomic mass is 9.91. The van der Waals surface area contributed by atoms with Crippen molar-refractivity contribution in [1.29, 1.82) is 0 Å². The maximum Gasteiger partial charge on any atom is 0.427 e. The zero-order chi connectivity index (χ0) is 28.0. The highest BCUT2D eigenvalue weighted by atomic mass is 32.2. The molecular weight excluding hydrogens is 544 g/mol. The topological polar surface area (TPSA) is 116 Å². The van der Waals surface area contributed by atoms with E-state index in [1.165, 1.54) is 18.3 Å². The zero-order valence-corrected chi connectivity index (χ0v) is 20.9. The van der Waals surface area contributed by atoms with Crippen LogP contribution in [0.15, 0.2) is 30.5 Å². The Kier molecular flexibility index (Phi) is 10.2. The Morgan fingerprint density at radius 2 is 1.97 bits per heavy atom. The molecular formula is C23H27F6N3O5S. The molecule has 1 saturated heterocycles. The van der Waals surface area contributed by atoms with Gasteiger partial charge in [0.05, 0.1) is 18.4 Å². The molecule has 1 aliphatic rings. The highest BCUT2D eigenvalue weighted by Gasteiger charge is 2.42. The summed E-state index contributed by atoms with van der Waals surface area (Å²) in [6.07, 6.45) is -7.02. The second kappa shape index (κ2) is 13.0. The third kappa shape index (κ3) is 8.19. The predicted molar refractivity (Wildman–Crippen MR) is 126 cm³/mol. The fourth-order valence-corrected chi connectivity index (χ4v) is 5.67. The van der Waals surface area contributed by atoms with Gasteiger partial charge >= 0.3 is 12.8 Å². The van der Waals surface area contributed by atoms with Crippen molar-refractivity contribution in [3.63, 3.8) is 0 Å². The second-order valence-corrected chi connectivity index (χ2v) is 10.2. The van der Waals surface area contributed by atoms with Gasteiger partial charge in [-0.25, -0.2) is 4.39 Å². The molecule has 5 atom stereocenters. The quantitative estimate of drug-likeness (QED) is 0.279. The van der Waals surface area contributed by atoms with Crippen molar-refractivity contribution < 1.29 is 49.9 Å². The summed E-state index contributed by atoms with van der Waals surface area (Å²) in [4.78, 5) is 4.04. The van der Waals surface area contributed by atoms with E-state index < -0.39 is 71.6 Å². The summed E-state index contributed by atoms with van der Waals surface area (Å²) in [5.41, 5.74) is 5.51. The van der Waals surface area contributed by atoms with Crippen molar-refractivity contribution in [2.24, 2.45) is 5.92 Å². The number of halogens is 6. The molecule has 2 aromatic rings. The van der Waals surface area contributed by atoms with Gasteiger partial charge in [-0.1, -0.05) is 0 Å². The van der Waals surface area contributed by atoms with E-state index in [-0.39, 0.29) is 35.8 Å². The fourth-order valence-electron chi connectivity index (χ4n) is 4.02. The first-order chi connectivity index (χ1) is 17.9. The molecule has 0 aliphatic carbocycles. The number of hydrogen-bond acceptors (Lipinski definition) is 8. The molecule has 0 spiro atoms. The first-order valence-electron chi connectivity index (χ1n) is 11.3. The first kappa shape index (κ1) is 29.9. The summed E-state index contributed by atoms with van der Waals surface area (Å²) in [6, 6.07) is 4.02. The normalized spacial score (nSPS) is 22.9. The van der Waals surface area contributed by atoms with Crippen LogP contribution in [0.5, 0.6) is 11.5 Å². The number of pyridine rings is 1. The van der Waals surface area contributed by atoms with Crippen LogP contribution >= 0.6 is 0 Å². The maximum atomic E-state index is 14.5. The molecule has 0 amide bonds. The van der Waals surface area contributed by atoms with Crippen LogP contribution in [0.2, 0.25) is 0 Å². The van der Waals surface area contributed by atoms with E-state index in [0.717, 1.165) is 19.2 Å². The Labute approximate surface area is 216 Å². The van der Waals surface area contributed by atoms with Gasteiger partial charge in [0.1, 0.15) is 23.0 Å². The monoisotopic (exact) mass is 571 g/mol. The molecule has 2 heterocycles. The Morgan fingerprint density at radius 3 is 2.63 bits per heavy atom. The molecule has 0 bridgehead atoms. The van der Waals surface area contributed by atoms with E-state index in [0.29, 0.717) is 5.69 Å². The zero-order valence-electron chi connectivity index (χ0n) is 20.1. The van der Waals surface area contributed by atoms with Gasteiger partial charge in [-0.15, -0.1) is 0 Å². The number of ether oxygens (including phenoxy) is 3. The average Bonchev–Trinajstić information content (AvgIpc) is 2.82. The molecule has 212 valence electrons. The molecule has 1 unspecified atom stereocenters. The summed E-state index contributed by atoms with van der Waals surface area (Å²) in [7, 11) is -0.328. The fraction of sp³-hybridized carbons (Fsp3) is 0.522. The molecule has 1 aliphatic heterocycles. The van der Waals surface area contributed by atoms with Crippen LogP contribution in [0, 0.1) is 11.7 Å². The molecule has 3 rings (SSSR count). The van der Waals surface area contributed by atoms with E-state index >= 15 is 0 Å². The maximum absolute atomic E-state index is 14.5. The summed E-state index contributed by atoms with van der Waals surface area (Å²) < 4.78 is 105. The largest absolute Gasteiger partial charge is 0.476 e. The van der Waals surface area contributed by atoms with Gasteiger partial charge in [-0.3, -0.25) is 9.19 Å². The molecule has 15 heteroatoms. The molecule has 8 nitrogen and oxygen atoms in total. The Balaban J connectivity index is 1.72. The van der Waals surface area contributed by atoms with Gasteiger partial charge in [0.15, 0.2) is 0 Å². The van der Waals surface area contributed by atoms with Crippen LogP contribution in [0.4, 0.5) is 32.0 Å². The van der Waals surface area contributed by atoms with Gasteiger partial charge in [-0.2, -0.15) is 22.0 Å². The number of hydrogen-bond donors (Lipinski definition) is 3. The molecule has 1 aromatic carbocycles. The standard InChI is InChI=1S/C23H27F6N3O5S/c1-35-9-19(23(27,28)29)37-18-6-12(5-16(24)20(18)30)4-13-10-38(34)11-17(21(13)33)32-8-14-7-15(2-3-31-14)36-22(25)26/h2-3,5-7,13,17,19,21-22,32-33H,4,8-11,30H2,1H3/t13-,17+,19-,21+,38?/m1/s1. The van der Waals surface area contributed by atoms with Crippen LogP contribution in [0.1, 0.15) is 11.3 Å². The molecule has 0 saturated carbocycles. The van der Waals surface area contributed by atoms with Crippen LogP contribution < -0.4 is 20.5 Å². The van der Waals surface area contributed by atoms with Crippen molar-refractivity contribution in [2.45, 2.75) is 44.0 Å². The number of benzene rings is 1. The molecule has 1 fully saturated rings. The van der Waals surface area contributed by atoms with Crippen LogP contribution in [-0.4, -0.2) is 70.6 Å². The molecule has 0 radical (unpaired) electrons. The van der Waals surface area contributed by atoms with Crippen LogP contribution in [0.3, 0.4) is 0 Å². The SMILES string of the molecule is COC[C@@H](Oc1cc(C[C@@H]2CS(=O)C[C@H](NCc3cc(OC(F)F)ccn3)[C@H]2O)cc(F)c1N)C(F)(F)F. The Hall–Kier alpha value is -2.62. The highest BCUT2D eigenvalue weighted by molar-refractivity contribution is 7.85. The van der Waals surface area contributed by atoms with Crippen LogP contribution in [0.25, 0.3) is 0 Å². The van der Waals surface area contributed by atoms with E-state index in [4.69, 9.17) is 10.5 Å². The summed E-state index contributed by atoms with van der Waals surface area (Å²) >= 11 is 0. The minimum Gasteiger partial charge on any atom is -0.476 e. The van der Waals surface area contributed by atoms with E-state index in [9.17, 15) is 35.7 Å². The summed E-state index contributed by atoms with van der Waals surface area (Å²) in [5, 5.41) is 13.9. The minimum atomic E-state index is -4.80. The number of aliphatic hydroxyl groups excluding tert-OH is 1. The smallest absolute Gasteiger partial charge is 0.427 e. The lowest BCUT2D eigenvalue weighted by Gasteiger charge is -2.35. The van der Waals surface area contributed by atoms with Gasteiger partial charge in [0, 0.05) is 60.2 Å². The van der Waals surface area contributed by atoms with Gasteiger partial charge in [0.2, 0.25) is 6.10 Å². The van der Waals surface area contributed by atoms with E-state index in [2.05, 4.69) is 19.8 Å². The second-order valence-electron chi connectivity index (χ2n) is 8.67. The number of alkyl halides is 5. The predicted octanol–water partition coefficient (Wildman–Crippen LogP) is 2.80. The van der Waals surface area contributed by atoms with Crippen molar-refractivity contribution in [1.82, 2.24) is 10.3 Å². The summed E-state index contributed by atoms with van der Waals surface area (Å²) in [6.45, 7) is -3.81. The van der Waals surface area contributed by atoms with E-state index in [1.54, 1.807) is 0 Å². The summed E-state index contributed by atoms with van der Waals surface area (Å²) in [5.74, 6) is -2.14. The first-order valence-corrected chi connectivity index (χ1v) is 12.8. The van der Waals surface area contributed by atoms with Crippen molar-refractivity contribution >= 4 is 16.5 Å². The van der Waals surface area contributed by atoms with Gasteiger partial charge < -0.3 is 30.4 Å². The number of nitrogens with two attached hydrogens (primary N) is 1. The number of anilines is 1. The number of nitrogens with one attached hydrogen (secondary N) is 1. The number of aliphatic hydroxyl groups is 1. The van der Waals surface area contributed by atoms with Gasteiger partial charge in [0.25, 0.3) is 0 Å². The lowest BCUT2D eigenvalue weighted by Crippen LogP contribution is -2.53. The highest BCUT2D eigenvalue weighted by Crippen LogP contribution is 2.33. The van der Waals surface area contributed by atoms with Crippen molar-refractivity contribution in [3.05, 3.63) is 47.5 Å². The third-order valence-corrected chi connectivity index (χ3v) is 7.35. The molecule has 4 N–H and O–H groups in total. The minimum absolute atomic E-state index is 0.0322. The van der Waals surface area contributed by atoms with Crippen molar-refractivity contribution in [3.8, 4) is 11.5 Å². The number of nitrogens with zero attached hydrogens (tertiary/aromatic N) is 1. The van der Waals surface area contributed by atoms with Gasteiger partial charge in [-0.05, 0) is 30.2 Å². The van der Waals surface area contributed by atoms with E-state index in [1.807, 2.05) is 0 Å². The molecule has 38 heavy (non-hydrogen) atoms. The Bertz CT molecular complexity index is 1110.